The van der Waals surface area contributed by atoms with Crippen LogP contribution in [0.2, 0.25) is 0 Å². The van der Waals surface area contributed by atoms with E-state index in [-0.39, 0.29) is 36.3 Å². The van der Waals surface area contributed by atoms with E-state index in [1.165, 1.54) is 0 Å². The van der Waals surface area contributed by atoms with Gasteiger partial charge in [0, 0.05) is 24.7 Å². The predicted octanol–water partition coefficient (Wildman–Crippen LogP) is 1.19. The Morgan fingerprint density at radius 3 is 2.64 bits per heavy atom. The summed E-state index contributed by atoms with van der Waals surface area (Å²) in [4.78, 5) is 26.7. The number of halogens is 1. The molecule has 0 radical (unpaired) electrons. The highest BCUT2D eigenvalue weighted by molar-refractivity contribution is 5.98. The van der Waals surface area contributed by atoms with E-state index in [1.807, 2.05) is 18.2 Å². The van der Waals surface area contributed by atoms with Crippen molar-refractivity contribution in [1.29, 1.82) is 0 Å². The number of likely N-dealkylation sites (tertiary alicyclic amines) is 1. The molecule has 2 aliphatic rings. The van der Waals surface area contributed by atoms with Crippen LogP contribution in [0, 0.1) is 0 Å². The lowest BCUT2D eigenvalue weighted by Crippen LogP contribution is -2.49. The van der Waals surface area contributed by atoms with E-state index in [9.17, 15) is 9.59 Å². The van der Waals surface area contributed by atoms with Crippen LogP contribution in [0.4, 0.5) is 0 Å². The SMILES string of the molecule is Cl.O=C(NC1CCNC1)C1CCCN1C(=O)c1ccccc1. The highest BCUT2D eigenvalue weighted by Crippen LogP contribution is 2.20. The van der Waals surface area contributed by atoms with E-state index in [2.05, 4.69) is 10.6 Å². The van der Waals surface area contributed by atoms with Gasteiger partial charge in [0.05, 0.1) is 0 Å². The molecule has 0 aromatic heterocycles. The van der Waals surface area contributed by atoms with Gasteiger partial charge < -0.3 is 15.5 Å². The Kier molecular flexibility index (Phi) is 5.80. The molecule has 22 heavy (non-hydrogen) atoms. The van der Waals surface area contributed by atoms with Gasteiger partial charge in [-0.2, -0.15) is 0 Å². The third kappa shape index (κ3) is 3.59. The molecule has 120 valence electrons. The van der Waals surface area contributed by atoms with Crippen molar-refractivity contribution < 1.29 is 9.59 Å². The molecule has 1 aromatic rings. The number of carbonyl (C=O) groups is 2. The van der Waals surface area contributed by atoms with E-state index >= 15 is 0 Å². The minimum absolute atomic E-state index is 0. The number of hydrogen-bond acceptors (Lipinski definition) is 3. The zero-order valence-corrected chi connectivity index (χ0v) is 13.3. The fourth-order valence-electron chi connectivity index (χ4n) is 3.10. The standard InChI is InChI=1S/C16H21N3O2.ClH/c20-15(18-13-8-9-17-11-13)14-7-4-10-19(14)16(21)12-5-2-1-3-6-12;/h1-3,5-6,13-14,17H,4,7-11H2,(H,18,20);1H. The first-order valence-electron chi connectivity index (χ1n) is 7.63. The van der Waals surface area contributed by atoms with E-state index < -0.39 is 0 Å². The van der Waals surface area contributed by atoms with Gasteiger partial charge in [-0.25, -0.2) is 0 Å². The Bertz CT molecular complexity index is 517. The fourth-order valence-corrected chi connectivity index (χ4v) is 3.10. The largest absolute Gasteiger partial charge is 0.350 e. The molecule has 1 aromatic carbocycles. The normalized spacial score (nSPS) is 23.9. The van der Waals surface area contributed by atoms with Crippen LogP contribution < -0.4 is 10.6 Å². The van der Waals surface area contributed by atoms with Crippen LogP contribution >= 0.6 is 12.4 Å². The molecular formula is C16H22ClN3O2. The Morgan fingerprint density at radius 1 is 1.18 bits per heavy atom. The molecule has 0 spiro atoms. The first kappa shape index (κ1) is 16.8. The first-order valence-corrected chi connectivity index (χ1v) is 7.63. The lowest BCUT2D eigenvalue weighted by Gasteiger charge is -2.25. The second kappa shape index (κ2) is 7.61. The van der Waals surface area contributed by atoms with Gasteiger partial charge in [0.25, 0.3) is 5.91 Å². The molecular weight excluding hydrogens is 302 g/mol. The molecule has 0 saturated carbocycles. The zero-order chi connectivity index (χ0) is 14.7. The summed E-state index contributed by atoms with van der Waals surface area (Å²) in [6.07, 6.45) is 2.61. The quantitative estimate of drug-likeness (QED) is 0.878. The van der Waals surface area contributed by atoms with Gasteiger partial charge in [-0.1, -0.05) is 18.2 Å². The number of amides is 2. The number of nitrogens with one attached hydrogen (secondary N) is 2. The van der Waals surface area contributed by atoms with Gasteiger partial charge in [0.15, 0.2) is 0 Å². The van der Waals surface area contributed by atoms with Crippen molar-refractivity contribution in [2.45, 2.75) is 31.3 Å². The lowest BCUT2D eigenvalue weighted by atomic mass is 10.1. The molecule has 0 aliphatic carbocycles. The molecule has 2 heterocycles. The van der Waals surface area contributed by atoms with Crippen molar-refractivity contribution in [3.8, 4) is 0 Å². The monoisotopic (exact) mass is 323 g/mol. The van der Waals surface area contributed by atoms with Crippen LogP contribution in [-0.4, -0.2) is 48.4 Å². The Balaban J connectivity index is 0.00000176. The maximum Gasteiger partial charge on any atom is 0.254 e. The van der Waals surface area contributed by atoms with Crippen LogP contribution in [0.5, 0.6) is 0 Å². The smallest absolute Gasteiger partial charge is 0.254 e. The lowest BCUT2D eigenvalue weighted by molar-refractivity contribution is -0.125. The van der Waals surface area contributed by atoms with Crippen molar-refractivity contribution in [2.75, 3.05) is 19.6 Å². The summed E-state index contributed by atoms with van der Waals surface area (Å²) in [5.74, 6) is -0.0525. The summed E-state index contributed by atoms with van der Waals surface area (Å²) in [5.41, 5.74) is 0.653. The molecule has 5 nitrogen and oxygen atoms in total. The van der Waals surface area contributed by atoms with Gasteiger partial charge in [-0.3, -0.25) is 9.59 Å². The molecule has 2 aliphatic heterocycles. The second-order valence-corrected chi connectivity index (χ2v) is 5.72. The van der Waals surface area contributed by atoms with E-state index in [0.717, 1.165) is 32.4 Å². The summed E-state index contributed by atoms with van der Waals surface area (Å²) in [7, 11) is 0. The zero-order valence-electron chi connectivity index (χ0n) is 12.5. The summed E-state index contributed by atoms with van der Waals surface area (Å²) in [5, 5.41) is 6.29. The van der Waals surface area contributed by atoms with E-state index in [1.54, 1.807) is 17.0 Å². The maximum absolute atomic E-state index is 12.5. The van der Waals surface area contributed by atoms with Gasteiger partial charge in [0.1, 0.15) is 6.04 Å². The molecule has 2 unspecified atom stereocenters. The van der Waals surface area contributed by atoms with Crippen LogP contribution in [0.15, 0.2) is 30.3 Å². The molecule has 2 N–H and O–H groups in total. The van der Waals surface area contributed by atoms with Crippen LogP contribution in [0.1, 0.15) is 29.6 Å². The first-order chi connectivity index (χ1) is 10.3. The van der Waals surface area contributed by atoms with Crippen LogP contribution in [0.25, 0.3) is 0 Å². The van der Waals surface area contributed by atoms with Crippen molar-refractivity contribution >= 4 is 24.2 Å². The number of nitrogens with zero attached hydrogens (tertiary/aromatic N) is 1. The Morgan fingerprint density at radius 2 is 1.95 bits per heavy atom. The van der Waals surface area contributed by atoms with Gasteiger partial charge in [-0.05, 0) is 37.9 Å². The van der Waals surface area contributed by atoms with E-state index in [0.29, 0.717) is 12.1 Å². The van der Waals surface area contributed by atoms with Crippen molar-refractivity contribution in [2.24, 2.45) is 0 Å². The molecule has 3 rings (SSSR count). The number of rotatable bonds is 3. The summed E-state index contributed by atoms with van der Waals surface area (Å²) in [6, 6.07) is 9.07. The minimum atomic E-state index is -0.321. The van der Waals surface area contributed by atoms with Crippen LogP contribution in [-0.2, 0) is 4.79 Å². The molecule has 6 heteroatoms. The topological polar surface area (TPSA) is 61.4 Å². The van der Waals surface area contributed by atoms with Crippen molar-refractivity contribution in [3.63, 3.8) is 0 Å². The Labute approximate surface area is 136 Å². The molecule has 2 amide bonds. The van der Waals surface area contributed by atoms with Gasteiger partial charge >= 0.3 is 0 Å². The molecule has 2 fully saturated rings. The third-order valence-electron chi connectivity index (χ3n) is 4.24. The number of benzene rings is 1. The van der Waals surface area contributed by atoms with Gasteiger partial charge in [-0.15, -0.1) is 12.4 Å². The maximum atomic E-state index is 12.5. The average Bonchev–Trinajstić information content (AvgIpc) is 3.18. The highest BCUT2D eigenvalue weighted by Gasteiger charge is 2.35. The summed E-state index contributed by atoms with van der Waals surface area (Å²) in [6.45, 7) is 2.43. The molecule has 0 bridgehead atoms. The summed E-state index contributed by atoms with van der Waals surface area (Å²) < 4.78 is 0. The highest BCUT2D eigenvalue weighted by atomic mass is 35.5. The van der Waals surface area contributed by atoms with E-state index in [4.69, 9.17) is 0 Å². The predicted molar refractivity (Wildman–Crippen MR) is 87.2 cm³/mol. The van der Waals surface area contributed by atoms with Crippen molar-refractivity contribution in [3.05, 3.63) is 35.9 Å². The van der Waals surface area contributed by atoms with Gasteiger partial charge in [0.2, 0.25) is 5.91 Å². The van der Waals surface area contributed by atoms with Crippen LogP contribution in [0.3, 0.4) is 0 Å². The number of carbonyl (C=O) groups excluding carboxylic acids is 2. The summed E-state index contributed by atoms with van der Waals surface area (Å²) >= 11 is 0. The van der Waals surface area contributed by atoms with Crippen molar-refractivity contribution in [1.82, 2.24) is 15.5 Å². The molecule has 2 atom stereocenters. The third-order valence-corrected chi connectivity index (χ3v) is 4.24. The molecule has 2 saturated heterocycles. The second-order valence-electron chi connectivity index (χ2n) is 5.72. The fraction of sp³-hybridized carbons (Fsp3) is 0.500. The minimum Gasteiger partial charge on any atom is -0.350 e. The number of hydrogen-bond donors (Lipinski definition) is 2. The average molecular weight is 324 g/mol. The Hall–Kier alpha value is -1.59.